The van der Waals surface area contributed by atoms with Crippen molar-refractivity contribution in [3.63, 3.8) is 0 Å². The quantitative estimate of drug-likeness (QED) is 0.838. The number of carbonyl (C=O) groups is 2. The van der Waals surface area contributed by atoms with Crippen LogP contribution in [0.5, 0.6) is 0 Å². The first kappa shape index (κ1) is 15.7. The van der Waals surface area contributed by atoms with Gasteiger partial charge in [0, 0.05) is 11.0 Å². The molecule has 1 aromatic rings. The molecule has 0 aliphatic rings. The van der Waals surface area contributed by atoms with E-state index >= 15 is 0 Å². The average molecular weight is 327 g/mol. The highest BCUT2D eigenvalue weighted by molar-refractivity contribution is 9.10. The summed E-state index contributed by atoms with van der Waals surface area (Å²) in [6, 6.07) is 7.54. The topological polar surface area (TPSA) is 58.2 Å². The van der Waals surface area contributed by atoms with E-state index in [1.54, 1.807) is 0 Å². The number of halogens is 1. The van der Waals surface area contributed by atoms with Gasteiger partial charge in [-0.25, -0.2) is 0 Å². The molecule has 0 aliphatic carbocycles. The van der Waals surface area contributed by atoms with Crippen molar-refractivity contribution in [1.82, 2.24) is 10.6 Å². The Morgan fingerprint density at radius 1 is 1.16 bits per heavy atom. The smallest absolute Gasteiger partial charge is 0.239 e. The highest BCUT2D eigenvalue weighted by Gasteiger charge is 2.08. The van der Waals surface area contributed by atoms with Crippen molar-refractivity contribution in [2.45, 2.75) is 20.3 Å². The number of benzene rings is 1. The summed E-state index contributed by atoms with van der Waals surface area (Å²) in [6.45, 7) is 4.69. The minimum Gasteiger partial charge on any atom is -0.354 e. The van der Waals surface area contributed by atoms with Crippen LogP contribution in [0.25, 0.3) is 0 Å². The second kappa shape index (κ2) is 7.94. The Balaban J connectivity index is 2.32. The number of hydrogen-bond acceptors (Lipinski definition) is 2. The average Bonchev–Trinajstić information content (AvgIpc) is 2.36. The van der Waals surface area contributed by atoms with Crippen LogP contribution >= 0.6 is 15.9 Å². The lowest BCUT2D eigenvalue weighted by molar-refractivity contribution is -0.125. The van der Waals surface area contributed by atoms with Gasteiger partial charge in [-0.15, -0.1) is 0 Å². The molecule has 4 nitrogen and oxygen atoms in total. The monoisotopic (exact) mass is 326 g/mol. The minimum absolute atomic E-state index is 0.0238. The largest absolute Gasteiger partial charge is 0.354 e. The van der Waals surface area contributed by atoms with Crippen molar-refractivity contribution in [2.75, 3.05) is 13.1 Å². The molecule has 0 bridgehead atoms. The molecule has 2 N–H and O–H groups in total. The van der Waals surface area contributed by atoms with Gasteiger partial charge in [0.2, 0.25) is 11.8 Å². The third kappa shape index (κ3) is 6.38. The number of amides is 2. The van der Waals surface area contributed by atoms with E-state index < -0.39 is 0 Å². The summed E-state index contributed by atoms with van der Waals surface area (Å²) in [5.74, 6) is 0.0840. The lowest BCUT2D eigenvalue weighted by atomic mass is 10.1. The summed E-state index contributed by atoms with van der Waals surface area (Å²) in [5, 5.41) is 5.36. The van der Waals surface area contributed by atoms with Crippen molar-refractivity contribution < 1.29 is 9.59 Å². The third-order valence-corrected chi connectivity index (χ3v) is 3.24. The van der Waals surface area contributed by atoms with Crippen LogP contribution in [0.15, 0.2) is 28.7 Å². The summed E-state index contributed by atoms with van der Waals surface area (Å²) in [6.07, 6.45) is 0.263. The zero-order valence-electron chi connectivity index (χ0n) is 11.2. The fourth-order valence-electron chi connectivity index (χ4n) is 1.44. The maximum absolute atomic E-state index is 11.7. The molecule has 104 valence electrons. The fraction of sp³-hybridized carbons (Fsp3) is 0.429. The summed E-state index contributed by atoms with van der Waals surface area (Å²) in [7, 11) is 0. The van der Waals surface area contributed by atoms with Crippen molar-refractivity contribution >= 4 is 27.7 Å². The molecule has 0 atom stereocenters. The summed E-state index contributed by atoms with van der Waals surface area (Å²) in [5.41, 5.74) is 0.905. The summed E-state index contributed by atoms with van der Waals surface area (Å²) < 4.78 is 0.898. The standard InChI is InChI=1S/C14H19BrN2O2/c1-10(2)8-16-14(19)9-17-13(18)7-11-5-3-4-6-12(11)15/h3-6,10H,7-9H2,1-2H3,(H,16,19)(H,17,18). The van der Waals surface area contributed by atoms with Crippen molar-refractivity contribution in [3.05, 3.63) is 34.3 Å². The number of rotatable bonds is 6. The zero-order chi connectivity index (χ0) is 14.3. The Bertz CT molecular complexity index is 447. The Kier molecular flexibility index (Phi) is 6.56. The van der Waals surface area contributed by atoms with Gasteiger partial charge in [-0.1, -0.05) is 48.0 Å². The van der Waals surface area contributed by atoms with Crippen LogP contribution in [0, 0.1) is 5.92 Å². The van der Waals surface area contributed by atoms with Crippen LogP contribution in [0.2, 0.25) is 0 Å². The Morgan fingerprint density at radius 3 is 2.47 bits per heavy atom. The van der Waals surface area contributed by atoms with Gasteiger partial charge in [0.15, 0.2) is 0 Å². The van der Waals surface area contributed by atoms with Crippen LogP contribution < -0.4 is 10.6 Å². The van der Waals surface area contributed by atoms with Gasteiger partial charge in [0.05, 0.1) is 13.0 Å². The Labute approximate surface area is 122 Å². The van der Waals surface area contributed by atoms with Gasteiger partial charge in [-0.2, -0.15) is 0 Å². The molecule has 0 saturated carbocycles. The molecule has 0 spiro atoms. The van der Waals surface area contributed by atoms with Gasteiger partial charge in [-0.3, -0.25) is 9.59 Å². The number of hydrogen-bond donors (Lipinski definition) is 2. The van der Waals surface area contributed by atoms with Crippen molar-refractivity contribution in [3.8, 4) is 0 Å². The molecule has 2 amide bonds. The van der Waals surface area contributed by atoms with E-state index in [0.29, 0.717) is 12.5 Å². The number of nitrogens with one attached hydrogen (secondary N) is 2. The van der Waals surface area contributed by atoms with E-state index in [0.717, 1.165) is 10.0 Å². The molecular formula is C14H19BrN2O2. The van der Waals surface area contributed by atoms with E-state index in [4.69, 9.17) is 0 Å². The second-order valence-corrected chi connectivity index (χ2v) is 5.60. The molecule has 0 aromatic heterocycles. The molecule has 0 fully saturated rings. The molecule has 1 aromatic carbocycles. The molecule has 5 heteroatoms. The molecular weight excluding hydrogens is 308 g/mol. The third-order valence-electron chi connectivity index (χ3n) is 2.46. The van der Waals surface area contributed by atoms with Gasteiger partial charge in [0.1, 0.15) is 0 Å². The predicted octanol–water partition coefficient (Wildman–Crippen LogP) is 1.88. The Morgan fingerprint density at radius 2 is 1.84 bits per heavy atom. The van der Waals surface area contributed by atoms with E-state index in [-0.39, 0.29) is 24.8 Å². The SMILES string of the molecule is CC(C)CNC(=O)CNC(=O)Cc1ccccc1Br. The van der Waals surface area contributed by atoms with E-state index in [9.17, 15) is 9.59 Å². The summed E-state index contributed by atoms with van der Waals surface area (Å²) in [4.78, 5) is 23.1. The molecule has 0 aliphatic heterocycles. The lowest BCUT2D eigenvalue weighted by Gasteiger charge is -2.09. The molecule has 0 saturated heterocycles. The van der Waals surface area contributed by atoms with E-state index in [1.165, 1.54) is 0 Å². The fourth-order valence-corrected chi connectivity index (χ4v) is 1.86. The van der Waals surface area contributed by atoms with Gasteiger partial charge in [0.25, 0.3) is 0 Å². The molecule has 1 rings (SSSR count). The van der Waals surface area contributed by atoms with E-state index in [2.05, 4.69) is 26.6 Å². The Hall–Kier alpha value is -1.36. The maximum atomic E-state index is 11.7. The highest BCUT2D eigenvalue weighted by atomic mass is 79.9. The summed E-state index contributed by atoms with van der Waals surface area (Å²) >= 11 is 3.39. The van der Waals surface area contributed by atoms with Crippen LogP contribution in [0.3, 0.4) is 0 Å². The normalized spacial score (nSPS) is 10.3. The highest BCUT2D eigenvalue weighted by Crippen LogP contribution is 2.15. The number of carbonyl (C=O) groups excluding carboxylic acids is 2. The van der Waals surface area contributed by atoms with Crippen LogP contribution in [-0.4, -0.2) is 24.9 Å². The zero-order valence-corrected chi connectivity index (χ0v) is 12.8. The van der Waals surface area contributed by atoms with Crippen molar-refractivity contribution in [1.29, 1.82) is 0 Å². The minimum atomic E-state index is -0.161. The van der Waals surface area contributed by atoms with Gasteiger partial charge >= 0.3 is 0 Å². The van der Waals surface area contributed by atoms with Crippen LogP contribution in [-0.2, 0) is 16.0 Å². The van der Waals surface area contributed by atoms with Gasteiger partial charge in [-0.05, 0) is 17.5 Å². The predicted molar refractivity (Wildman–Crippen MR) is 78.7 cm³/mol. The second-order valence-electron chi connectivity index (χ2n) is 4.74. The maximum Gasteiger partial charge on any atom is 0.239 e. The first-order valence-electron chi connectivity index (χ1n) is 6.26. The lowest BCUT2D eigenvalue weighted by Crippen LogP contribution is -2.38. The molecule has 0 radical (unpaired) electrons. The molecule has 0 unspecified atom stereocenters. The van der Waals surface area contributed by atoms with Crippen LogP contribution in [0.1, 0.15) is 19.4 Å². The van der Waals surface area contributed by atoms with Crippen molar-refractivity contribution in [2.24, 2.45) is 5.92 Å². The first-order valence-corrected chi connectivity index (χ1v) is 7.05. The molecule has 19 heavy (non-hydrogen) atoms. The molecule has 0 heterocycles. The first-order chi connectivity index (χ1) is 8.99. The van der Waals surface area contributed by atoms with E-state index in [1.807, 2.05) is 38.1 Å². The van der Waals surface area contributed by atoms with Gasteiger partial charge < -0.3 is 10.6 Å². The van der Waals surface area contributed by atoms with Crippen LogP contribution in [0.4, 0.5) is 0 Å².